The summed E-state index contributed by atoms with van der Waals surface area (Å²) >= 11 is 0. The van der Waals surface area contributed by atoms with E-state index in [1.165, 1.54) is 18.2 Å². The first kappa shape index (κ1) is 14.7. The quantitative estimate of drug-likeness (QED) is 0.793. The Kier molecular flexibility index (Phi) is 4.88. The van der Waals surface area contributed by atoms with Crippen LogP contribution in [0.25, 0.3) is 0 Å². The number of Topliss-reactive ketones (excluding diaryl/α,β-unsaturated/α-hetero) is 1. The van der Waals surface area contributed by atoms with Gasteiger partial charge in [-0.05, 0) is 30.9 Å². The molecular weight excluding hydrogens is 257 g/mol. The van der Waals surface area contributed by atoms with Gasteiger partial charge in [-0.1, -0.05) is 25.5 Å². The summed E-state index contributed by atoms with van der Waals surface area (Å²) in [5.74, 6) is -0.0317. The van der Waals surface area contributed by atoms with E-state index >= 15 is 0 Å². The van der Waals surface area contributed by atoms with Gasteiger partial charge in [0.1, 0.15) is 5.82 Å². The van der Waals surface area contributed by atoms with Crippen LogP contribution in [-0.4, -0.2) is 29.7 Å². The second kappa shape index (κ2) is 6.64. The Morgan fingerprint density at radius 3 is 2.90 bits per heavy atom. The standard InChI is InChI=1S/C16H20FNO2/c1-2-12-6-7-16(20)18(9-8-12)11-15(19)13-4-3-5-14(17)10-13/h3-5,10,12H,2,6-9,11H2,1H3. The number of likely N-dealkylation sites (tertiary alicyclic amines) is 1. The molecule has 20 heavy (non-hydrogen) atoms. The van der Waals surface area contributed by atoms with Crippen LogP contribution in [0.4, 0.5) is 4.39 Å². The number of amides is 1. The smallest absolute Gasteiger partial charge is 0.222 e. The van der Waals surface area contributed by atoms with E-state index < -0.39 is 5.82 Å². The summed E-state index contributed by atoms with van der Waals surface area (Å²) in [6.07, 6.45) is 3.42. The molecule has 1 aliphatic heterocycles. The summed E-state index contributed by atoms with van der Waals surface area (Å²) in [6, 6.07) is 5.63. The summed E-state index contributed by atoms with van der Waals surface area (Å²) in [5.41, 5.74) is 0.328. The van der Waals surface area contributed by atoms with Crippen molar-refractivity contribution in [1.29, 1.82) is 0 Å². The van der Waals surface area contributed by atoms with Crippen molar-refractivity contribution in [2.45, 2.75) is 32.6 Å². The maximum absolute atomic E-state index is 13.1. The first-order valence-electron chi connectivity index (χ1n) is 7.16. The number of ketones is 1. The molecule has 0 radical (unpaired) electrons. The lowest BCUT2D eigenvalue weighted by Gasteiger charge is -2.20. The highest BCUT2D eigenvalue weighted by Crippen LogP contribution is 2.21. The van der Waals surface area contributed by atoms with Gasteiger partial charge in [0.25, 0.3) is 0 Å². The van der Waals surface area contributed by atoms with Crippen LogP contribution >= 0.6 is 0 Å². The zero-order chi connectivity index (χ0) is 14.5. The van der Waals surface area contributed by atoms with Crippen LogP contribution in [0.3, 0.4) is 0 Å². The maximum atomic E-state index is 13.1. The molecule has 4 heteroatoms. The largest absolute Gasteiger partial charge is 0.335 e. The van der Waals surface area contributed by atoms with Crippen molar-refractivity contribution < 1.29 is 14.0 Å². The monoisotopic (exact) mass is 277 g/mol. The Morgan fingerprint density at radius 1 is 1.40 bits per heavy atom. The van der Waals surface area contributed by atoms with Crippen LogP contribution in [-0.2, 0) is 4.79 Å². The highest BCUT2D eigenvalue weighted by Gasteiger charge is 2.23. The highest BCUT2D eigenvalue weighted by molar-refractivity contribution is 5.99. The molecule has 1 unspecified atom stereocenters. The van der Waals surface area contributed by atoms with Gasteiger partial charge in [0.2, 0.25) is 5.91 Å². The third kappa shape index (κ3) is 3.65. The minimum Gasteiger partial charge on any atom is -0.335 e. The normalized spacial score (nSPS) is 19.8. The van der Waals surface area contributed by atoms with E-state index in [9.17, 15) is 14.0 Å². The Bertz CT molecular complexity index is 501. The van der Waals surface area contributed by atoms with E-state index in [1.807, 2.05) is 0 Å². The number of hydrogen-bond donors (Lipinski definition) is 0. The van der Waals surface area contributed by atoms with E-state index in [0.717, 1.165) is 19.3 Å². The predicted molar refractivity (Wildman–Crippen MR) is 74.9 cm³/mol. The molecular formula is C16H20FNO2. The van der Waals surface area contributed by atoms with Crippen LogP contribution < -0.4 is 0 Å². The zero-order valence-electron chi connectivity index (χ0n) is 11.8. The first-order valence-corrected chi connectivity index (χ1v) is 7.16. The summed E-state index contributed by atoms with van der Waals surface area (Å²) in [4.78, 5) is 25.7. The average molecular weight is 277 g/mol. The molecule has 1 aromatic rings. The zero-order valence-corrected chi connectivity index (χ0v) is 11.8. The third-order valence-corrected chi connectivity index (χ3v) is 3.98. The van der Waals surface area contributed by atoms with Gasteiger partial charge < -0.3 is 4.90 Å². The highest BCUT2D eigenvalue weighted by atomic mass is 19.1. The van der Waals surface area contributed by atoms with Crippen molar-refractivity contribution in [2.24, 2.45) is 5.92 Å². The molecule has 108 valence electrons. The summed E-state index contributed by atoms with van der Waals surface area (Å²) in [7, 11) is 0. The van der Waals surface area contributed by atoms with Gasteiger partial charge in [0.15, 0.2) is 5.78 Å². The lowest BCUT2D eigenvalue weighted by Crippen LogP contribution is -2.35. The number of carbonyl (C=O) groups is 2. The summed E-state index contributed by atoms with van der Waals surface area (Å²) in [5, 5.41) is 0. The fourth-order valence-electron chi connectivity index (χ4n) is 2.60. The Labute approximate surface area is 118 Å². The first-order chi connectivity index (χ1) is 9.60. The fourth-order valence-corrected chi connectivity index (χ4v) is 2.60. The average Bonchev–Trinajstić information content (AvgIpc) is 2.62. The number of benzene rings is 1. The second-order valence-electron chi connectivity index (χ2n) is 5.35. The molecule has 1 heterocycles. The van der Waals surface area contributed by atoms with Gasteiger partial charge in [-0.3, -0.25) is 9.59 Å². The molecule has 1 aromatic carbocycles. The second-order valence-corrected chi connectivity index (χ2v) is 5.35. The molecule has 1 amide bonds. The maximum Gasteiger partial charge on any atom is 0.222 e. The Balaban J connectivity index is 2.01. The number of nitrogens with zero attached hydrogens (tertiary/aromatic N) is 1. The molecule has 1 atom stereocenters. The minimum atomic E-state index is -0.427. The topological polar surface area (TPSA) is 37.4 Å². The third-order valence-electron chi connectivity index (χ3n) is 3.98. The SMILES string of the molecule is CCC1CCC(=O)N(CC(=O)c2cccc(F)c2)CC1. The van der Waals surface area contributed by atoms with Crippen molar-refractivity contribution in [3.63, 3.8) is 0 Å². The molecule has 0 bridgehead atoms. The van der Waals surface area contributed by atoms with Gasteiger partial charge in [0, 0.05) is 18.5 Å². The molecule has 1 aliphatic rings. The van der Waals surface area contributed by atoms with E-state index in [0.29, 0.717) is 24.4 Å². The molecule has 3 nitrogen and oxygen atoms in total. The van der Waals surface area contributed by atoms with Crippen LogP contribution in [0.5, 0.6) is 0 Å². The number of halogens is 1. The fraction of sp³-hybridized carbons (Fsp3) is 0.500. The summed E-state index contributed by atoms with van der Waals surface area (Å²) < 4.78 is 13.1. The van der Waals surface area contributed by atoms with Crippen molar-refractivity contribution in [3.8, 4) is 0 Å². The molecule has 0 aromatic heterocycles. The van der Waals surface area contributed by atoms with E-state index in [2.05, 4.69) is 6.92 Å². The number of rotatable bonds is 4. The molecule has 1 fully saturated rings. The van der Waals surface area contributed by atoms with E-state index in [-0.39, 0.29) is 18.2 Å². The molecule has 1 saturated heterocycles. The number of hydrogen-bond acceptors (Lipinski definition) is 2. The van der Waals surface area contributed by atoms with Crippen LogP contribution in [0.2, 0.25) is 0 Å². The molecule has 0 N–H and O–H groups in total. The van der Waals surface area contributed by atoms with E-state index in [4.69, 9.17) is 0 Å². The van der Waals surface area contributed by atoms with Gasteiger partial charge in [-0.25, -0.2) is 4.39 Å². The molecule has 2 rings (SSSR count). The molecule has 0 spiro atoms. The lowest BCUT2D eigenvalue weighted by molar-refractivity contribution is -0.130. The van der Waals surface area contributed by atoms with Crippen LogP contribution in [0.15, 0.2) is 24.3 Å². The van der Waals surface area contributed by atoms with Crippen molar-refractivity contribution >= 4 is 11.7 Å². The molecule has 0 aliphatic carbocycles. The van der Waals surface area contributed by atoms with Gasteiger partial charge in [-0.2, -0.15) is 0 Å². The lowest BCUT2D eigenvalue weighted by atomic mass is 9.98. The Morgan fingerprint density at radius 2 is 2.20 bits per heavy atom. The molecule has 0 saturated carbocycles. The minimum absolute atomic E-state index is 0.0331. The van der Waals surface area contributed by atoms with Gasteiger partial charge >= 0.3 is 0 Å². The van der Waals surface area contributed by atoms with Crippen LogP contribution in [0.1, 0.15) is 43.0 Å². The number of carbonyl (C=O) groups excluding carboxylic acids is 2. The van der Waals surface area contributed by atoms with Crippen molar-refractivity contribution in [2.75, 3.05) is 13.1 Å². The van der Waals surface area contributed by atoms with Gasteiger partial charge in [0.05, 0.1) is 6.54 Å². The predicted octanol–water partition coefficient (Wildman–Crippen LogP) is 3.05. The summed E-state index contributed by atoms with van der Waals surface area (Å²) in [6.45, 7) is 2.81. The van der Waals surface area contributed by atoms with Crippen molar-refractivity contribution in [3.05, 3.63) is 35.6 Å². The Hall–Kier alpha value is -1.71. The van der Waals surface area contributed by atoms with E-state index in [1.54, 1.807) is 11.0 Å². The van der Waals surface area contributed by atoms with Crippen LogP contribution in [0, 0.1) is 11.7 Å². The van der Waals surface area contributed by atoms with Gasteiger partial charge in [-0.15, -0.1) is 0 Å². The van der Waals surface area contributed by atoms with Crippen molar-refractivity contribution in [1.82, 2.24) is 4.90 Å².